The standard InChI is InChI=1S/C25H37N5O4/c1-7-34-23(31)21-20(15-29-12-13-30(18(5)14-29)25(33)26-16(2)3)28(6)24(32)27-22(21)19-11-9-8-10-17(19)4/h8-11,16,18,22H,7,12-15H2,1-6H3,(H,26,33)(H,27,32)/t18-,22-/m0/s1. The molecule has 0 unspecified atom stereocenters. The number of hydrogen-bond donors (Lipinski definition) is 2. The van der Waals surface area contributed by atoms with Gasteiger partial charge in [0.1, 0.15) is 0 Å². The summed E-state index contributed by atoms with van der Waals surface area (Å²) < 4.78 is 5.43. The second-order valence-corrected chi connectivity index (χ2v) is 9.26. The zero-order chi connectivity index (χ0) is 25.0. The molecule has 2 N–H and O–H groups in total. The molecule has 1 aromatic carbocycles. The zero-order valence-corrected chi connectivity index (χ0v) is 21.1. The molecule has 0 aliphatic carbocycles. The number of likely N-dealkylation sites (N-methyl/N-ethyl adjacent to an activating group) is 1. The predicted octanol–water partition coefficient (Wildman–Crippen LogP) is 2.63. The van der Waals surface area contributed by atoms with E-state index in [1.807, 2.05) is 56.9 Å². The molecular formula is C25H37N5O4. The van der Waals surface area contributed by atoms with Gasteiger partial charge in [-0.15, -0.1) is 0 Å². The molecule has 2 aliphatic heterocycles. The Balaban J connectivity index is 1.91. The van der Waals surface area contributed by atoms with Crippen LogP contribution in [0.1, 0.15) is 44.9 Å². The molecule has 1 aromatic rings. The van der Waals surface area contributed by atoms with Gasteiger partial charge in [-0.25, -0.2) is 14.4 Å². The van der Waals surface area contributed by atoms with Gasteiger partial charge in [0.15, 0.2) is 0 Å². The lowest BCUT2D eigenvalue weighted by atomic mass is 9.91. The summed E-state index contributed by atoms with van der Waals surface area (Å²) in [5.74, 6) is -0.430. The summed E-state index contributed by atoms with van der Waals surface area (Å²) >= 11 is 0. The first-order chi connectivity index (χ1) is 16.1. The third-order valence-corrected chi connectivity index (χ3v) is 6.33. The van der Waals surface area contributed by atoms with Gasteiger partial charge >= 0.3 is 18.0 Å². The number of aryl methyl sites for hydroxylation is 1. The Kier molecular flexibility index (Phi) is 8.19. The van der Waals surface area contributed by atoms with Crippen molar-refractivity contribution in [3.63, 3.8) is 0 Å². The minimum absolute atomic E-state index is 0.00553. The molecule has 2 aliphatic rings. The van der Waals surface area contributed by atoms with E-state index in [4.69, 9.17) is 4.74 Å². The first-order valence-corrected chi connectivity index (χ1v) is 11.9. The number of urea groups is 2. The number of nitrogens with one attached hydrogen (secondary N) is 2. The lowest BCUT2D eigenvalue weighted by Gasteiger charge is -2.42. The van der Waals surface area contributed by atoms with Crippen LogP contribution in [0.3, 0.4) is 0 Å². The van der Waals surface area contributed by atoms with Gasteiger partial charge in [0, 0.05) is 51.0 Å². The summed E-state index contributed by atoms with van der Waals surface area (Å²) in [5.41, 5.74) is 2.93. The predicted molar refractivity (Wildman–Crippen MR) is 130 cm³/mol. The molecule has 0 saturated carbocycles. The number of carbonyl (C=O) groups is 3. The minimum atomic E-state index is -0.588. The maximum Gasteiger partial charge on any atom is 0.338 e. The first kappa shape index (κ1) is 25.6. The highest BCUT2D eigenvalue weighted by molar-refractivity contribution is 5.95. The highest BCUT2D eigenvalue weighted by Crippen LogP contribution is 2.33. The normalized spacial score (nSPS) is 21.6. The molecule has 9 nitrogen and oxygen atoms in total. The summed E-state index contributed by atoms with van der Waals surface area (Å²) in [6.07, 6.45) is 0. The van der Waals surface area contributed by atoms with Crippen molar-refractivity contribution in [2.75, 3.05) is 39.8 Å². The fraction of sp³-hybridized carbons (Fsp3) is 0.560. The lowest BCUT2D eigenvalue weighted by molar-refractivity contribution is -0.139. The first-order valence-electron chi connectivity index (χ1n) is 11.9. The van der Waals surface area contributed by atoms with Gasteiger partial charge in [0.2, 0.25) is 0 Å². The Labute approximate surface area is 202 Å². The van der Waals surface area contributed by atoms with Crippen molar-refractivity contribution < 1.29 is 19.1 Å². The minimum Gasteiger partial charge on any atom is -0.463 e. The molecular weight excluding hydrogens is 434 g/mol. The van der Waals surface area contributed by atoms with Gasteiger partial charge in [0.05, 0.1) is 18.2 Å². The Bertz CT molecular complexity index is 960. The van der Waals surface area contributed by atoms with E-state index in [9.17, 15) is 14.4 Å². The monoisotopic (exact) mass is 471 g/mol. The van der Waals surface area contributed by atoms with Crippen molar-refractivity contribution in [2.24, 2.45) is 0 Å². The van der Waals surface area contributed by atoms with Gasteiger partial charge in [-0.05, 0) is 45.7 Å². The maximum absolute atomic E-state index is 13.2. The number of amides is 4. The number of carbonyl (C=O) groups excluding carboxylic acids is 3. The number of ether oxygens (including phenoxy) is 1. The van der Waals surface area contributed by atoms with Crippen LogP contribution in [0.25, 0.3) is 0 Å². The second-order valence-electron chi connectivity index (χ2n) is 9.26. The van der Waals surface area contributed by atoms with Crippen molar-refractivity contribution in [2.45, 2.75) is 52.7 Å². The third-order valence-electron chi connectivity index (χ3n) is 6.33. The van der Waals surface area contributed by atoms with Crippen LogP contribution in [0.15, 0.2) is 35.5 Å². The van der Waals surface area contributed by atoms with Gasteiger partial charge in [-0.3, -0.25) is 9.80 Å². The molecule has 0 aromatic heterocycles. The molecule has 1 saturated heterocycles. The number of esters is 1. The van der Waals surface area contributed by atoms with Crippen LogP contribution in [0, 0.1) is 6.92 Å². The van der Waals surface area contributed by atoms with E-state index in [-0.39, 0.29) is 30.8 Å². The molecule has 1 fully saturated rings. The van der Waals surface area contributed by atoms with Crippen molar-refractivity contribution in [3.8, 4) is 0 Å². The number of rotatable bonds is 6. The largest absolute Gasteiger partial charge is 0.463 e. The van der Waals surface area contributed by atoms with Crippen LogP contribution >= 0.6 is 0 Å². The zero-order valence-electron chi connectivity index (χ0n) is 21.1. The Hall–Kier alpha value is -3.07. The van der Waals surface area contributed by atoms with Crippen LogP contribution in [0.5, 0.6) is 0 Å². The maximum atomic E-state index is 13.2. The van der Waals surface area contributed by atoms with Crippen LogP contribution in [0.4, 0.5) is 9.59 Å². The summed E-state index contributed by atoms with van der Waals surface area (Å²) in [5, 5.41) is 5.93. The van der Waals surface area contributed by atoms with E-state index in [1.54, 1.807) is 14.0 Å². The van der Waals surface area contributed by atoms with Gasteiger partial charge < -0.3 is 20.3 Å². The molecule has 4 amide bonds. The van der Waals surface area contributed by atoms with Crippen LogP contribution in [-0.4, -0.2) is 84.6 Å². The molecule has 9 heteroatoms. The topological polar surface area (TPSA) is 94.2 Å². The summed E-state index contributed by atoms with van der Waals surface area (Å²) in [6, 6.07) is 6.87. The molecule has 34 heavy (non-hydrogen) atoms. The fourth-order valence-electron chi connectivity index (χ4n) is 4.56. The third kappa shape index (κ3) is 5.52. The lowest BCUT2D eigenvalue weighted by Crippen LogP contribution is -2.58. The van der Waals surface area contributed by atoms with Gasteiger partial charge in [-0.2, -0.15) is 0 Å². The Morgan fingerprint density at radius 3 is 2.56 bits per heavy atom. The number of nitrogens with zero attached hydrogens (tertiary/aromatic N) is 3. The average Bonchev–Trinajstić information content (AvgIpc) is 2.76. The molecule has 186 valence electrons. The molecule has 2 heterocycles. The average molecular weight is 472 g/mol. The van der Waals surface area contributed by atoms with E-state index in [2.05, 4.69) is 15.5 Å². The van der Waals surface area contributed by atoms with Crippen LogP contribution in [-0.2, 0) is 9.53 Å². The molecule has 2 atom stereocenters. The number of hydrogen-bond acceptors (Lipinski definition) is 5. The van der Waals surface area contributed by atoms with E-state index in [0.717, 1.165) is 11.1 Å². The van der Waals surface area contributed by atoms with Crippen molar-refractivity contribution >= 4 is 18.0 Å². The number of benzene rings is 1. The van der Waals surface area contributed by atoms with Crippen molar-refractivity contribution in [1.29, 1.82) is 0 Å². The molecule has 0 radical (unpaired) electrons. The van der Waals surface area contributed by atoms with Gasteiger partial charge in [-0.1, -0.05) is 24.3 Å². The highest BCUT2D eigenvalue weighted by Gasteiger charge is 2.38. The van der Waals surface area contributed by atoms with E-state index in [1.165, 1.54) is 4.90 Å². The van der Waals surface area contributed by atoms with E-state index >= 15 is 0 Å². The second kappa shape index (κ2) is 10.9. The smallest absolute Gasteiger partial charge is 0.338 e. The number of piperazine rings is 1. The van der Waals surface area contributed by atoms with Crippen molar-refractivity contribution in [3.05, 3.63) is 46.7 Å². The Morgan fingerprint density at radius 2 is 1.94 bits per heavy atom. The van der Waals surface area contributed by atoms with E-state index in [0.29, 0.717) is 37.4 Å². The molecule has 0 spiro atoms. The highest BCUT2D eigenvalue weighted by atomic mass is 16.5. The Morgan fingerprint density at radius 1 is 1.24 bits per heavy atom. The van der Waals surface area contributed by atoms with Crippen LogP contribution in [0.2, 0.25) is 0 Å². The molecule has 0 bridgehead atoms. The van der Waals surface area contributed by atoms with Crippen molar-refractivity contribution in [1.82, 2.24) is 25.3 Å². The SMILES string of the molecule is CCOC(=O)C1=C(CN2CCN(C(=O)NC(C)C)[C@@H](C)C2)N(C)C(=O)N[C@H]1c1ccccc1C. The fourth-order valence-corrected chi connectivity index (χ4v) is 4.56. The van der Waals surface area contributed by atoms with Crippen LogP contribution < -0.4 is 10.6 Å². The van der Waals surface area contributed by atoms with Gasteiger partial charge in [0.25, 0.3) is 0 Å². The summed E-state index contributed by atoms with van der Waals surface area (Å²) in [6.45, 7) is 12.1. The summed E-state index contributed by atoms with van der Waals surface area (Å²) in [4.78, 5) is 44.1. The molecule has 3 rings (SSSR count). The quantitative estimate of drug-likeness (QED) is 0.622. The van der Waals surface area contributed by atoms with E-state index < -0.39 is 12.0 Å². The summed E-state index contributed by atoms with van der Waals surface area (Å²) in [7, 11) is 1.67.